The summed E-state index contributed by atoms with van der Waals surface area (Å²) in [5, 5.41) is 4.23. The molecule has 3 saturated carbocycles. The number of hydrogen-bond donors (Lipinski definition) is 0. The maximum absolute atomic E-state index is 7.03. The fraction of sp³-hybridized carbons (Fsp3) is 0.875. The molecule has 0 bridgehead atoms. The van der Waals surface area contributed by atoms with Crippen molar-refractivity contribution < 1.29 is 9.26 Å². The Balaban J connectivity index is 1.59. The van der Waals surface area contributed by atoms with Crippen molar-refractivity contribution in [2.24, 2.45) is 34.2 Å². The van der Waals surface area contributed by atoms with Gasteiger partial charge in [0.05, 0.1) is 11.3 Å². The average molecular weight is 404 g/mol. The minimum absolute atomic E-state index is 0.133. The smallest absolute Gasteiger partial charge is 0.184 e. The topological polar surface area (TPSA) is 30.8 Å². The summed E-state index contributed by atoms with van der Waals surface area (Å²) in [5.74, 6) is 3.45. The molecule has 0 N–H and O–H groups in total. The number of allylic oxidation sites excluding steroid dienone is 2. The van der Waals surface area contributed by atoms with Gasteiger partial charge in [0.15, 0.2) is 8.32 Å². The number of nitrogens with zero attached hydrogens (tertiary/aromatic N) is 1. The highest BCUT2D eigenvalue weighted by molar-refractivity contribution is 6.69. The van der Waals surface area contributed by atoms with E-state index in [1.165, 1.54) is 51.4 Å². The summed E-state index contributed by atoms with van der Waals surface area (Å²) in [6.07, 6.45) is 14.0. The van der Waals surface area contributed by atoms with Crippen molar-refractivity contribution >= 4 is 14.0 Å². The standard InChI is InChI=1S/C24H41NO2Si/c1-7-24(27-28(4,5)6)15-13-22-21-10-8-17-16-18(25-26-3)9-11-19(17)20(21)12-14-23(22,24)2/h16,19-22H,7-15H2,1-6H3/b25-18+. The number of hydrogen-bond acceptors (Lipinski definition) is 3. The van der Waals surface area contributed by atoms with Gasteiger partial charge in [0.2, 0.25) is 0 Å². The lowest BCUT2D eigenvalue weighted by atomic mass is 9.50. The molecule has 28 heavy (non-hydrogen) atoms. The predicted octanol–water partition coefficient (Wildman–Crippen LogP) is 6.56. The lowest BCUT2D eigenvalue weighted by molar-refractivity contribution is -0.108. The Morgan fingerprint density at radius 3 is 2.54 bits per heavy atom. The first-order valence-electron chi connectivity index (χ1n) is 11.7. The molecule has 0 aromatic carbocycles. The normalized spacial score (nSPS) is 44.5. The van der Waals surface area contributed by atoms with Gasteiger partial charge in [0.1, 0.15) is 7.11 Å². The summed E-state index contributed by atoms with van der Waals surface area (Å²) in [6.45, 7) is 12.1. The molecule has 0 spiro atoms. The minimum atomic E-state index is -1.56. The van der Waals surface area contributed by atoms with Gasteiger partial charge >= 0.3 is 0 Å². The van der Waals surface area contributed by atoms with Gasteiger partial charge in [0, 0.05) is 0 Å². The second kappa shape index (κ2) is 7.26. The van der Waals surface area contributed by atoms with Gasteiger partial charge in [-0.25, -0.2) is 0 Å². The van der Waals surface area contributed by atoms with Crippen LogP contribution in [-0.2, 0) is 9.26 Å². The van der Waals surface area contributed by atoms with Crippen LogP contribution in [0, 0.1) is 29.1 Å². The van der Waals surface area contributed by atoms with Gasteiger partial charge in [0.25, 0.3) is 0 Å². The molecule has 4 aliphatic carbocycles. The molecule has 158 valence electrons. The molecule has 3 fully saturated rings. The van der Waals surface area contributed by atoms with Gasteiger partial charge in [-0.05, 0) is 113 Å². The fourth-order valence-electron chi connectivity index (χ4n) is 7.88. The number of fused-ring (bicyclic) bond motifs is 5. The molecular weight excluding hydrogens is 362 g/mol. The summed E-state index contributed by atoms with van der Waals surface area (Å²) in [6, 6.07) is 0. The van der Waals surface area contributed by atoms with Gasteiger partial charge in [-0.1, -0.05) is 24.6 Å². The van der Waals surface area contributed by atoms with E-state index in [4.69, 9.17) is 9.26 Å². The van der Waals surface area contributed by atoms with Gasteiger partial charge in [-0.2, -0.15) is 0 Å². The predicted molar refractivity (Wildman–Crippen MR) is 119 cm³/mol. The third-order valence-corrected chi connectivity index (χ3v) is 9.89. The second-order valence-corrected chi connectivity index (χ2v) is 15.6. The summed E-state index contributed by atoms with van der Waals surface area (Å²) in [5.41, 5.74) is 3.34. The highest BCUT2D eigenvalue weighted by atomic mass is 28.4. The van der Waals surface area contributed by atoms with E-state index >= 15 is 0 Å². The van der Waals surface area contributed by atoms with Crippen molar-refractivity contribution in [1.82, 2.24) is 0 Å². The van der Waals surface area contributed by atoms with Crippen LogP contribution in [0.15, 0.2) is 16.8 Å². The molecule has 6 atom stereocenters. The summed E-state index contributed by atoms with van der Waals surface area (Å²) in [7, 11) is 0.105. The molecule has 0 amide bonds. The zero-order chi connectivity index (χ0) is 20.2. The molecular formula is C24H41NO2Si. The molecule has 0 saturated heterocycles. The zero-order valence-corrected chi connectivity index (χ0v) is 20.0. The van der Waals surface area contributed by atoms with E-state index in [9.17, 15) is 0 Å². The summed E-state index contributed by atoms with van der Waals surface area (Å²) < 4.78 is 7.03. The molecule has 0 aromatic rings. The van der Waals surface area contributed by atoms with E-state index in [2.05, 4.69) is 44.7 Å². The molecule has 0 heterocycles. The van der Waals surface area contributed by atoms with Crippen molar-refractivity contribution in [3.05, 3.63) is 11.6 Å². The van der Waals surface area contributed by atoms with Gasteiger partial charge in [-0.3, -0.25) is 0 Å². The van der Waals surface area contributed by atoms with E-state index in [0.717, 1.165) is 35.8 Å². The van der Waals surface area contributed by atoms with E-state index in [0.29, 0.717) is 5.41 Å². The van der Waals surface area contributed by atoms with Crippen molar-refractivity contribution in [3.8, 4) is 0 Å². The molecule has 3 nitrogen and oxygen atoms in total. The molecule has 6 unspecified atom stereocenters. The van der Waals surface area contributed by atoms with E-state index in [-0.39, 0.29) is 5.60 Å². The van der Waals surface area contributed by atoms with Crippen molar-refractivity contribution in [2.75, 3.05) is 7.11 Å². The zero-order valence-electron chi connectivity index (χ0n) is 19.0. The van der Waals surface area contributed by atoms with Crippen LogP contribution in [0.25, 0.3) is 0 Å². The third-order valence-electron chi connectivity index (χ3n) is 8.89. The van der Waals surface area contributed by atoms with Crippen LogP contribution in [0.2, 0.25) is 19.6 Å². The fourth-order valence-corrected chi connectivity index (χ4v) is 9.53. The van der Waals surface area contributed by atoms with Crippen LogP contribution in [0.3, 0.4) is 0 Å². The molecule has 0 aromatic heterocycles. The van der Waals surface area contributed by atoms with Crippen molar-refractivity contribution in [3.63, 3.8) is 0 Å². The molecule has 4 aliphatic rings. The lowest BCUT2D eigenvalue weighted by Crippen LogP contribution is -2.56. The Bertz CT molecular complexity index is 666. The number of oxime groups is 1. The van der Waals surface area contributed by atoms with Crippen molar-refractivity contribution in [1.29, 1.82) is 0 Å². The van der Waals surface area contributed by atoms with Gasteiger partial charge in [-0.15, -0.1) is 0 Å². The minimum Gasteiger partial charge on any atom is -0.412 e. The highest BCUT2D eigenvalue weighted by Gasteiger charge is 2.63. The van der Waals surface area contributed by atoms with Crippen LogP contribution < -0.4 is 0 Å². The second-order valence-electron chi connectivity index (χ2n) is 11.2. The molecule has 4 rings (SSSR count). The Kier molecular flexibility index (Phi) is 5.36. The van der Waals surface area contributed by atoms with E-state index < -0.39 is 8.32 Å². The summed E-state index contributed by atoms with van der Waals surface area (Å²) >= 11 is 0. The van der Waals surface area contributed by atoms with E-state index in [1.807, 2.05) is 0 Å². The average Bonchev–Trinajstić information content (AvgIpc) is 2.93. The Morgan fingerprint density at radius 1 is 1.07 bits per heavy atom. The maximum atomic E-state index is 7.03. The van der Waals surface area contributed by atoms with Crippen LogP contribution in [0.5, 0.6) is 0 Å². The van der Waals surface area contributed by atoms with Crippen LogP contribution in [0.4, 0.5) is 0 Å². The molecule has 0 aliphatic heterocycles. The maximum Gasteiger partial charge on any atom is 0.184 e. The lowest BCUT2D eigenvalue weighted by Gasteiger charge is -2.57. The Morgan fingerprint density at radius 2 is 1.86 bits per heavy atom. The monoisotopic (exact) mass is 403 g/mol. The first-order chi connectivity index (χ1) is 13.2. The third kappa shape index (κ3) is 3.23. The molecule has 0 radical (unpaired) electrons. The van der Waals surface area contributed by atoms with Crippen LogP contribution >= 0.6 is 0 Å². The van der Waals surface area contributed by atoms with E-state index in [1.54, 1.807) is 12.7 Å². The first kappa shape index (κ1) is 20.7. The Hall–Kier alpha value is -0.613. The summed E-state index contributed by atoms with van der Waals surface area (Å²) in [4.78, 5) is 5.05. The van der Waals surface area contributed by atoms with Crippen molar-refractivity contribution in [2.45, 2.75) is 96.9 Å². The van der Waals surface area contributed by atoms with Gasteiger partial charge < -0.3 is 9.26 Å². The quantitative estimate of drug-likeness (QED) is 0.393. The van der Waals surface area contributed by atoms with Crippen LogP contribution in [0.1, 0.15) is 71.6 Å². The SMILES string of the molecule is CCC1(O[Si](C)(C)C)CCC2C3CCC4=C/C(=N/OC)CCC4C3CCC21C. The Labute approximate surface area is 173 Å². The number of rotatable bonds is 4. The van der Waals surface area contributed by atoms with Crippen LogP contribution in [-0.4, -0.2) is 26.7 Å². The molecule has 4 heteroatoms. The first-order valence-corrected chi connectivity index (χ1v) is 15.1. The highest BCUT2D eigenvalue weighted by Crippen LogP contribution is 2.66. The largest absolute Gasteiger partial charge is 0.412 e.